The average Bonchev–Trinajstić information content (AvgIpc) is 3.03. The van der Waals surface area contributed by atoms with Gasteiger partial charge in [0.25, 0.3) is 0 Å². The number of halogens is 2. The highest BCUT2D eigenvalue weighted by atomic mass is 35.5. The van der Waals surface area contributed by atoms with E-state index in [4.69, 9.17) is 40.6 Å². The molecule has 228 valence electrons. The zero-order valence-electron chi connectivity index (χ0n) is 25.2. The van der Waals surface area contributed by atoms with Crippen molar-refractivity contribution in [2.75, 3.05) is 31.9 Å². The number of pyridine rings is 1. The highest BCUT2D eigenvalue weighted by Crippen LogP contribution is 2.28. The van der Waals surface area contributed by atoms with E-state index in [9.17, 15) is 0 Å². The first-order valence-corrected chi connectivity index (χ1v) is 15.6. The lowest BCUT2D eigenvalue weighted by Gasteiger charge is -2.40. The minimum absolute atomic E-state index is 0.157. The number of hydrazine groups is 1. The van der Waals surface area contributed by atoms with Crippen LogP contribution in [-0.2, 0) is 6.54 Å². The van der Waals surface area contributed by atoms with Crippen LogP contribution < -0.4 is 17.4 Å². The number of allylic oxidation sites excluding steroid dienone is 4. The Bertz CT molecular complexity index is 1260. The van der Waals surface area contributed by atoms with Crippen LogP contribution in [0.1, 0.15) is 64.0 Å². The van der Waals surface area contributed by atoms with Gasteiger partial charge in [-0.1, -0.05) is 80.4 Å². The lowest BCUT2D eigenvalue weighted by molar-refractivity contribution is 0.0896. The number of nitrogens with two attached hydrogens (primary N) is 3. The van der Waals surface area contributed by atoms with Gasteiger partial charge >= 0.3 is 0 Å². The molecule has 0 amide bonds. The molecule has 0 spiro atoms. The van der Waals surface area contributed by atoms with Crippen molar-refractivity contribution in [2.24, 2.45) is 16.8 Å². The van der Waals surface area contributed by atoms with Crippen LogP contribution in [0.5, 0.6) is 0 Å². The molecule has 0 saturated carbocycles. The second-order valence-electron chi connectivity index (χ2n) is 10.4. The Balaban J connectivity index is 0.00000237. The maximum absolute atomic E-state index is 6.37. The van der Waals surface area contributed by atoms with Gasteiger partial charge in [-0.3, -0.25) is 9.91 Å². The van der Waals surface area contributed by atoms with Crippen molar-refractivity contribution < 1.29 is 0 Å². The summed E-state index contributed by atoms with van der Waals surface area (Å²) in [4.78, 5) is 9.65. The number of nitrogens with zero attached hydrogens (tertiary/aromatic N) is 5. The van der Waals surface area contributed by atoms with Crippen LogP contribution in [0.4, 0.5) is 5.82 Å². The smallest absolute Gasteiger partial charge is 0.177 e. The van der Waals surface area contributed by atoms with Gasteiger partial charge in [0.15, 0.2) is 5.84 Å². The minimum atomic E-state index is 0.157. The fourth-order valence-corrected chi connectivity index (χ4v) is 5.84. The molecule has 2 aliphatic heterocycles. The second kappa shape index (κ2) is 16.7. The summed E-state index contributed by atoms with van der Waals surface area (Å²) in [6, 6.07) is 11.2. The minimum Gasteiger partial charge on any atom is -0.383 e. The fourth-order valence-electron chi connectivity index (χ4n) is 5.45. The molecule has 0 aliphatic carbocycles. The molecular weight excluding hydrogens is 567 g/mol. The van der Waals surface area contributed by atoms with Gasteiger partial charge in [0.1, 0.15) is 5.82 Å². The summed E-state index contributed by atoms with van der Waals surface area (Å²) in [5.74, 6) is 12.4. The molecule has 2 aromatic rings. The van der Waals surface area contributed by atoms with Gasteiger partial charge in [0.2, 0.25) is 0 Å². The Morgan fingerprint density at radius 3 is 2.31 bits per heavy atom. The van der Waals surface area contributed by atoms with Gasteiger partial charge in [-0.2, -0.15) is 5.10 Å². The van der Waals surface area contributed by atoms with Crippen molar-refractivity contribution in [1.82, 2.24) is 19.8 Å². The Hall–Kier alpha value is -2.88. The normalized spacial score (nSPS) is 17.9. The third kappa shape index (κ3) is 8.58. The fraction of sp³-hybridized carbons (Fsp3) is 0.438. The molecule has 6 N–H and O–H groups in total. The molecule has 1 aromatic carbocycles. The highest BCUT2D eigenvalue weighted by molar-refractivity contribution is 6.41. The number of likely N-dealkylation sites (tertiary alicyclic amines) is 2. The molecular formula is C32H46Cl2N8. The zero-order chi connectivity index (χ0) is 30.6. The largest absolute Gasteiger partial charge is 0.383 e. The molecule has 8 nitrogen and oxygen atoms in total. The second-order valence-corrected chi connectivity index (χ2v) is 11.2. The number of piperidine rings is 2. The number of benzene rings is 1. The van der Waals surface area contributed by atoms with Crippen LogP contribution in [0.2, 0.25) is 0 Å². The zero-order valence-corrected chi connectivity index (χ0v) is 26.7. The van der Waals surface area contributed by atoms with Gasteiger partial charge in [-0.05, 0) is 82.1 Å². The van der Waals surface area contributed by atoms with Crippen molar-refractivity contribution in [3.63, 3.8) is 0 Å². The molecule has 3 heterocycles. The van der Waals surface area contributed by atoms with E-state index in [0.29, 0.717) is 5.56 Å². The monoisotopic (exact) mass is 612 g/mol. The third-order valence-corrected chi connectivity index (χ3v) is 8.57. The van der Waals surface area contributed by atoms with Gasteiger partial charge in [0, 0.05) is 24.3 Å². The van der Waals surface area contributed by atoms with E-state index in [1.165, 1.54) is 50.8 Å². The Morgan fingerprint density at radius 2 is 1.71 bits per heavy atom. The predicted molar refractivity (Wildman–Crippen MR) is 179 cm³/mol. The van der Waals surface area contributed by atoms with E-state index in [2.05, 4.69) is 50.7 Å². The summed E-state index contributed by atoms with van der Waals surface area (Å²) >= 11 is 12.6. The average molecular weight is 614 g/mol. The van der Waals surface area contributed by atoms with Gasteiger partial charge in [0.05, 0.1) is 21.3 Å². The summed E-state index contributed by atoms with van der Waals surface area (Å²) in [7, 11) is 0. The van der Waals surface area contributed by atoms with Crippen molar-refractivity contribution in [3.05, 3.63) is 82.1 Å². The summed E-state index contributed by atoms with van der Waals surface area (Å²) in [6.45, 7) is 15.6. The van der Waals surface area contributed by atoms with Gasteiger partial charge < -0.3 is 16.5 Å². The molecule has 0 unspecified atom stereocenters. The Labute approximate surface area is 261 Å². The number of hydrazone groups is 1. The van der Waals surface area contributed by atoms with Crippen molar-refractivity contribution in [3.8, 4) is 11.1 Å². The number of rotatable bonds is 8. The first-order chi connectivity index (χ1) is 20.3. The van der Waals surface area contributed by atoms with Crippen LogP contribution in [0.25, 0.3) is 11.1 Å². The van der Waals surface area contributed by atoms with E-state index in [-0.39, 0.29) is 27.4 Å². The van der Waals surface area contributed by atoms with E-state index in [1.807, 2.05) is 26.8 Å². The summed E-state index contributed by atoms with van der Waals surface area (Å²) in [5, 5.41) is 5.47. The lowest BCUT2D eigenvalue weighted by atomic mass is 9.99. The SMILES string of the molecule is C=C(/C(Cl)=C(Cl)\C=C/C)N(N)/C(=N\N)c1cc(-c2ccc(CN3CCC(N4CCCCC4)CC3)cc2)cnc1N.CC. The quantitative estimate of drug-likeness (QED) is 0.104. The molecule has 2 aliphatic rings. The topological polar surface area (TPSA) is 113 Å². The van der Waals surface area contributed by atoms with Crippen LogP contribution >= 0.6 is 23.2 Å². The first-order valence-electron chi connectivity index (χ1n) is 14.8. The standard InChI is InChI=1S/C30H40Cl2N8.C2H6/c1-3-7-27(31)28(32)21(2)40(35)30(37-34)26-18-24(19-36-29(26)33)23-10-8-22(9-11-23)20-38-16-12-25(13-17-38)39-14-5-4-6-15-39;1-2/h3,7-11,18-19,25H,2,4-6,12-17,20,34-35H2,1H3,(H2,33,36);1-2H3/b7-3-,28-27-,37-30-;. The van der Waals surface area contributed by atoms with E-state index in [0.717, 1.165) is 41.8 Å². The van der Waals surface area contributed by atoms with E-state index < -0.39 is 0 Å². The van der Waals surface area contributed by atoms with Gasteiger partial charge in [-0.25, -0.2) is 10.8 Å². The van der Waals surface area contributed by atoms with E-state index >= 15 is 0 Å². The first kappa shape index (κ1) is 33.6. The summed E-state index contributed by atoms with van der Waals surface area (Å²) in [6.07, 6.45) is 11.7. The molecule has 0 atom stereocenters. The third-order valence-electron chi connectivity index (χ3n) is 7.73. The van der Waals surface area contributed by atoms with Crippen molar-refractivity contribution in [2.45, 2.75) is 65.5 Å². The highest BCUT2D eigenvalue weighted by Gasteiger charge is 2.25. The molecule has 2 saturated heterocycles. The number of hydrogen-bond donors (Lipinski definition) is 3. The van der Waals surface area contributed by atoms with Crippen LogP contribution in [0, 0.1) is 0 Å². The molecule has 4 rings (SSSR count). The Kier molecular flexibility index (Phi) is 13.4. The number of aromatic nitrogens is 1. The molecule has 0 radical (unpaired) electrons. The van der Waals surface area contributed by atoms with E-state index in [1.54, 1.807) is 18.3 Å². The number of hydrogen-bond acceptors (Lipinski definition) is 7. The number of amidine groups is 1. The maximum atomic E-state index is 6.37. The molecule has 42 heavy (non-hydrogen) atoms. The maximum Gasteiger partial charge on any atom is 0.177 e. The van der Waals surface area contributed by atoms with Crippen molar-refractivity contribution >= 4 is 34.9 Å². The number of nitrogen functional groups attached to an aromatic ring is 1. The van der Waals surface area contributed by atoms with Crippen LogP contribution in [0.3, 0.4) is 0 Å². The van der Waals surface area contributed by atoms with Crippen molar-refractivity contribution in [1.29, 1.82) is 0 Å². The number of anilines is 1. The Morgan fingerprint density at radius 1 is 1.07 bits per heavy atom. The van der Waals surface area contributed by atoms with Crippen LogP contribution in [-0.4, -0.2) is 57.8 Å². The summed E-state index contributed by atoms with van der Waals surface area (Å²) in [5.41, 5.74) is 10.0. The predicted octanol–water partition coefficient (Wildman–Crippen LogP) is 6.38. The molecule has 1 aromatic heterocycles. The molecule has 2 fully saturated rings. The summed E-state index contributed by atoms with van der Waals surface area (Å²) < 4.78 is 0. The van der Waals surface area contributed by atoms with Gasteiger partial charge in [-0.15, -0.1) is 0 Å². The lowest BCUT2D eigenvalue weighted by Crippen LogP contribution is -2.46. The van der Waals surface area contributed by atoms with Crippen LogP contribution in [0.15, 0.2) is 76.1 Å². The molecule has 0 bridgehead atoms. The molecule has 10 heteroatoms.